The van der Waals surface area contributed by atoms with Gasteiger partial charge in [0.2, 0.25) is 10.1 Å². The number of hydrogen-bond donors (Lipinski definition) is 0. The average molecular weight is 376 g/mol. The van der Waals surface area contributed by atoms with Crippen LogP contribution in [0.1, 0.15) is 30.3 Å². The van der Waals surface area contributed by atoms with E-state index in [2.05, 4.69) is 26.8 Å². The molecule has 0 saturated carbocycles. The highest BCUT2D eigenvalue weighted by atomic mass is 32.1. The van der Waals surface area contributed by atoms with E-state index in [1.165, 1.54) is 23.8 Å². The summed E-state index contributed by atoms with van der Waals surface area (Å²) < 4.78 is 1.56. The van der Waals surface area contributed by atoms with Crippen molar-refractivity contribution >= 4 is 27.3 Å². The molecule has 26 heavy (non-hydrogen) atoms. The number of piperazine rings is 1. The van der Waals surface area contributed by atoms with Crippen LogP contribution >= 0.6 is 11.3 Å². The van der Waals surface area contributed by atoms with E-state index < -0.39 is 0 Å². The monoisotopic (exact) mass is 376 g/mol. The molecule has 1 amide bonds. The van der Waals surface area contributed by atoms with Gasteiger partial charge in [-0.3, -0.25) is 9.59 Å². The quantitative estimate of drug-likeness (QED) is 0.771. The van der Waals surface area contributed by atoms with Crippen LogP contribution in [0.25, 0.3) is 4.96 Å². The van der Waals surface area contributed by atoms with E-state index >= 15 is 0 Å². The third kappa shape index (κ3) is 3.33. The summed E-state index contributed by atoms with van der Waals surface area (Å²) >= 11 is 1.39. The van der Waals surface area contributed by atoms with Gasteiger partial charge in [0.05, 0.1) is 0 Å². The molecule has 2 saturated heterocycles. The van der Waals surface area contributed by atoms with E-state index in [9.17, 15) is 9.59 Å². The minimum Gasteiger partial charge on any atom is -0.346 e. The second kappa shape index (κ2) is 6.96. The molecule has 9 heteroatoms. The lowest BCUT2D eigenvalue weighted by atomic mass is 10.0. The maximum absolute atomic E-state index is 13.0. The molecule has 0 aliphatic carbocycles. The molecular formula is C17H24N6O2S. The van der Waals surface area contributed by atoms with Crippen molar-refractivity contribution in [1.82, 2.24) is 24.4 Å². The number of likely N-dealkylation sites (N-methyl/N-ethyl adjacent to an activating group) is 1. The standard InChI is InChI=1S/C17H24N6O2S/c1-12-4-3-5-22(11-12)17-19-23-13(10-14(24)18-16(23)26-17)15(25)21-8-6-20(2)7-9-21/h10,12H,3-9,11H2,1-2H3/t12-/m1/s1. The maximum Gasteiger partial charge on any atom is 0.274 e. The Kier molecular flexibility index (Phi) is 4.66. The first kappa shape index (κ1) is 17.4. The van der Waals surface area contributed by atoms with Crippen molar-refractivity contribution in [3.05, 3.63) is 22.1 Å². The van der Waals surface area contributed by atoms with Gasteiger partial charge in [-0.25, -0.2) is 0 Å². The Hall–Kier alpha value is -2.00. The number of carbonyl (C=O) groups is 1. The minimum absolute atomic E-state index is 0.142. The lowest BCUT2D eigenvalue weighted by Crippen LogP contribution is -2.47. The fourth-order valence-corrected chi connectivity index (χ4v) is 4.56. The van der Waals surface area contributed by atoms with Gasteiger partial charge in [-0.1, -0.05) is 18.3 Å². The molecule has 2 aliphatic rings. The number of carbonyl (C=O) groups excluding carboxylic acids is 1. The summed E-state index contributed by atoms with van der Waals surface area (Å²) in [5.74, 6) is 0.478. The molecule has 0 spiro atoms. The number of hydrogen-bond acceptors (Lipinski definition) is 7. The lowest BCUT2D eigenvalue weighted by molar-refractivity contribution is 0.0655. The topological polar surface area (TPSA) is 74.1 Å². The third-order valence-corrected chi connectivity index (χ3v) is 6.15. The number of rotatable bonds is 2. The largest absolute Gasteiger partial charge is 0.346 e. The second-order valence-corrected chi connectivity index (χ2v) is 8.28. The van der Waals surface area contributed by atoms with Gasteiger partial charge in [0.25, 0.3) is 11.5 Å². The van der Waals surface area contributed by atoms with Crippen molar-refractivity contribution < 1.29 is 4.79 Å². The molecule has 0 radical (unpaired) electrons. The molecule has 140 valence electrons. The molecule has 2 fully saturated rings. The van der Waals surface area contributed by atoms with Crippen LogP contribution in [0.3, 0.4) is 0 Å². The van der Waals surface area contributed by atoms with Crippen LogP contribution in [0.4, 0.5) is 5.13 Å². The van der Waals surface area contributed by atoms with Crippen molar-refractivity contribution in [3.63, 3.8) is 0 Å². The van der Waals surface area contributed by atoms with E-state index in [0.29, 0.717) is 29.7 Å². The van der Waals surface area contributed by atoms with Crippen molar-refractivity contribution in [2.45, 2.75) is 19.8 Å². The van der Waals surface area contributed by atoms with Crippen molar-refractivity contribution in [3.8, 4) is 0 Å². The normalized spacial score (nSPS) is 22.2. The Morgan fingerprint density at radius 2 is 2.00 bits per heavy atom. The summed E-state index contributed by atoms with van der Waals surface area (Å²) in [6.07, 6.45) is 2.36. The molecule has 0 N–H and O–H groups in total. The first-order valence-corrected chi connectivity index (χ1v) is 9.96. The molecule has 0 unspecified atom stereocenters. The van der Waals surface area contributed by atoms with Gasteiger partial charge < -0.3 is 14.7 Å². The lowest BCUT2D eigenvalue weighted by Gasteiger charge is -2.32. The maximum atomic E-state index is 13.0. The summed E-state index contributed by atoms with van der Waals surface area (Å²) in [6, 6.07) is 1.32. The van der Waals surface area contributed by atoms with Crippen molar-refractivity contribution in [2.75, 3.05) is 51.2 Å². The highest BCUT2D eigenvalue weighted by Crippen LogP contribution is 2.27. The predicted molar refractivity (Wildman–Crippen MR) is 101 cm³/mol. The first-order valence-electron chi connectivity index (χ1n) is 9.15. The van der Waals surface area contributed by atoms with Gasteiger partial charge in [0.15, 0.2) is 0 Å². The van der Waals surface area contributed by atoms with Gasteiger partial charge in [-0.15, -0.1) is 5.10 Å². The fraction of sp³-hybridized carbons (Fsp3) is 0.647. The van der Waals surface area contributed by atoms with E-state index in [1.807, 2.05) is 7.05 Å². The van der Waals surface area contributed by atoms with Gasteiger partial charge in [-0.05, 0) is 25.8 Å². The van der Waals surface area contributed by atoms with Crippen LogP contribution < -0.4 is 10.5 Å². The Balaban J connectivity index is 1.68. The number of nitrogens with zero attached hydrogens (tertiary/aromatic N) is 6. The van der Waals surface area contributed by atoms with E-state index in [-0.39, 0.29) is 11.5 Å². The van der Waals surface area contributed by atoms with E-state index in [0.717, 1.165) is 37.7 Å². The van der Waals surface area contributed by atoms with Crippen LogP contribution in [0.15, 0.2) is 10.9 Å². The Bertz CT molecular complexity index is 870. The summed E-state index contributed by atoms with van der Waals surface area (Å²) in [4.78, 5) is 35.8. The van der Waals surface area contributed by atoms with Gasteiger partial charge in [-0.2, -0.15) is 9.50 Å². The molecule has 4 rings (SSSR count). The smallest absolute Gasteiger partial charge is 0.274 e. The molecule has 2 aromatic heterocycles. The number of amides is 1. The fourth-order valence-electron chi connectivity index (χ4n) is 3.62. The second-order valence-electron chi connectivity index (χ2n) is 7.35. The SMILES string of the molecule is C[C@@H]1CCCN(c2nn3c(C(=O)N4CCN(C)CC4)cc(=O)nc3s2)C1. The zero-order valence-corrected chi connectivity index (χ0v) is 16.0. The summed E-state index contributed by atoms with van der Waals surface area (Å²) in [5.41, 5.74) is -0.0678. The van der Waals surface area contributed by atoms with E-state index in [4.69, 9.17) is 0 Å². The molecular weight excluding hydrogens is 352 g/mol. The number of piperidine rings is 1. The van der Waals surface area contributed by atoms with Crippen LogP contribution in [0.5, 0.6) is 0 Å². The van der Waals surface area contributed by atoms with Crippen LogP contribution in [-0.2, 0) is 0 Å². The van der Waals surface area contributed by atoms with Crippen LogP contribution in [-0.4, -0.2) is 76.6 Å². The third-order valence-electron chi connectivity index (χ3n) is 5.18. The number of aromatic nitrogens is 3. The number of fused-ring (bicyclic) bond motifs is 1. The molecule has 4 heterocycles. The Morgan fingerprint density at radius 3 is 2.73 bits per heavy atom. The Morgan fingerprint density at radius 1 is 1.23 bits per heavy atom. The summed E-state index contributed by atoms with van der Waals surface area (Å²) in [5, 5.41) is 5.48. The van der Waals surface area contributed by atoms with Crippen molar-refractivity contribution in [1.29, 1.82) is 0 Å². The van der Waals surface area contributed by atoms with Crippen LogP contribution in [0.2, 0.25) is 0 Å². The van der Waals surface area contributed by atoms with Crippen molar-refractivity contribution in [2.24, 2.45) is 5.92 Å². The molecule has 0 aromatic carbocycles. The van der Waals surface area contributed by atoms with Gasteiger partial charge >= 0.3 is 0 Å². The predicted octanol–water partition coefficient (Wildman–Crippen LogP) is 0.775. The zero-order valence-electron chi connectivity index (χ0n) is 15.2. The highest BCUT2D eigenvalue weighted by molar-refractivity contribution is 7.20. The van der Waals surface area contributed by atoms with Gasteiger partial charge in [0.1, 0.15) is 5.69 Å². The molecule has 2 aromatic rings. The zero-order chi connectivity index (χ0) is 18.3. The highest BCUT2D eigenvalue weighted by Gasteiger charge is 2.26. The van der Waals surface area contributed by atoms with E-state index in [1.54, 1.807) is 9.42 Å². The Labute approximate surface area is 156 Å². The summed E-state index contributed by atoms with van der Waals surface area (Å²) in [6.45, 7) is 7.14. The minimum atomic E-state index is -0.385. The first-order chi connectivity index (χ1) is 12.5. The molecule has 0 bridgehead atoms. The molecule has 1 atom stereocenters. The molecule has 8 nitrogen and oxygen atoms in total. The molecule has 2 aliphatic heterocycles. The van der Waals surface area contributed by atoms with Gasteiger partial charge in [0, 0.05) is 45.3 Å². The number of anilines is 1. The average Bonchev–Trinajstić information content (AvgIpc) is 3.05. The summed E-state index contributed by atoms with van der Waals surface area (Å²) in [7, 11) is 2.04. The van der Waals surface area contributed by atoms with Crippen LogP contribution in [0, 0.1) is 5.92 Å².